The average molecular weight is 375 g/mol. The number of aromatic nitrogens is 4. The summed E-state index contributed by atoms with van der Waals surface area (Å²) in [6, 6.07) is 0. The Kier molecular flexibility index (Phi) is 6.97. The van der Waals surface area contributed by atoms with E-state index in [2.05, 4.69) is 14.9 Å². The van der Waals surface area contributed by atoms with Gasteiger partial charge in [-0.2, -0.15) is 0 Å². The van der Waals surface area contributed by atoms with Crippen LogP contribution in [0.4, 0.5) is 9.59 Å². The SMILES string of the molecule is O=C(OCCCC1CCN(CCOC(=O)n2ccnc2)CC1)n1ccnc1. The molecule has 0 atom stereocenters. The van der Waals surface area contributed by atoms with Crippen LogP contribution in [0.3, 0.4) is 0 Å². The fraction of sp³-hybridized carbons (Fsp3) is 0.556. The Morgan fingerprint density at radius 1 is 0.926 bits per heavy atom. The van der Waals surface area contributed by atoms with Crippen LogP contribution in [0.5, 0.6) is 0 Å². The number of hydrogen-bond acceptors (Lipinski definition) is 7. The van der Waals surface area contributed by atoms with Gasteiger partial charge in [0.25, 0.3) is 0 Å². The molecule has 1 aliphatic rings. The van der Waals surface area contributed by atoms with Crippen LogP contribution in [0, 0.1) is 5.92 Å². The molecule has 9 nitrogen and oxygen atoms in total. The van der Waals surface area contributed by atoms with E-state index in [-0.39, 0.29) is 6.09 Å². The third-order valence-corrected chi connectivity index (χ3v) is 4.75. The van der Waals surface area contributed by atoms with E-state index in [1.807, 2.05) is 0 Å². The van der Waals surface area contributed by atoms with Crippen LogP contribution in [0.2, 0.25) is 0 Å². The molecule has 3 rings (SSSR count). The molecule has 0 bridgehead atoms. The Morgan fingerprint density at radius 3 is 2.07 bits per heavy atom. The first-order chi connectivity index (χ1) is 13.2. The van der Waals surface area contributed by atoms with Gasteiger partial charge in [0.15, 0.2) is 0 Å². The summed E-state index contributed by atoms with van der Waals surface area (Å²) in [6.45, 7) is 3.56. The molecule has 0 spiro atoms. The van der Waals surface area contributed by atoms with E-state index >= 15 is 0 Å². The Balaban J connectivity index is 1.23. The highest BCUT2D eigenvalue weighted by Crippen LogP contribution is 2.21. The predicted molar refractivity (Wildman–Crippen MR) is 96.3 cm³/mol. The number of ether oxygens (including phenoxy) is 2. The molecule has 0 radical (unpaired) electrons. The minimum Gasteiger partial charge on any atom is -0.449 e. The van der Waals surface area contributed by atoms with Gasteiger partial charge in [-0.25, -0.2) is 28.7 Å². The van der Waals surface area contributed by atoms with Crippen LogP contribution in [0.15, 0.2) is 37.4 Å². The number of imidazole rings is 2. The Morgan fingerprint density at radius 2 is 1.52 bits per heavy atom. The van der Waals surface area contributed by atoms with Crippen LogP contribution in [0.1, 0.15) is 25.7 Å². The number of rotatable bonds is 7. The lowest BCUT2D eigenvalue weighted by molar-refractivity contribution is 0.109. The fourth-order valence-electron chi connectivity index (χ4n) is 3.18. The van der Waals surface area contributed by atoms with E-state index < -0.39 is 6.09 Å². The Labute approximate surface area is 157 Å². The maximum Gasteiger partial charge on any atom is 0.419 e. The minimum atomic E-state index is -0.396. The third-order valence-electron chi connectivity index (χ3n) is 4.75. The van der Waals surface area contributed by atoms with Gasteiger partial charge in [0.2, 0.25) is 0 Å². The first-order valence-corrected chi connectivity index (χ1v) is 9.25. The molecule has 2 aromatic heterocycles. The predicted octanol–water partition coefficient (Wildman–Crippen LogP) is 2.24. The largest absolute Gasteiger partial charge is 0.449 e. The lowest BCUT2D eigenvalue weighted by Gasteiger charge is -2.31. The quantitative estimate of drug-likeness (QED) is 0.685. The highest BCUT2D eigenvalue weighted by molar-refractivity contribution is 5.70. The highest BCUT2D eigenvalue weighted by atomic mass is 16.6. The van der Waals surface area contributed by atoms with E-state index in [0.29, 0.717) is 19.1 Å². The van der Waals surface area contributed by atoms with Crippen molar-refractivity contribution in [1.29, 1.82) is 0 Å². The summed E-state index contributed by atoms with van der Waals surface area (Å²) in [6.07, 6.45) is 12.5. The van der Waals surface area contributed by atoms with Gasteiger partial charge in [-0.1, -0.05) is 0 Å². The van der Waals surface area contributed by atoms with Crippen LogP contribution >= 0.6 is 0 Å². The lowest BCUT2D eigenvalue weighted by atomic mass is 9.92. The normalized spacial score (nSPS) is 15.6. The number of carbonyl (C=O) groups is 2. The van der Waals surface area contributed by atoms with Gasteiger partial charge in [-0.15, -0.1) is 0 Å². The van der Waals surface area contributed by atoms with Crippen molar-refractivity contribution in [2.45, 2.75) is 25.7 Å². The topological polar surface area (TPSA) is 91.5 Å². The van der Waals surface area contributed by atoms with Crippen molar-refractivity contribution in [3.05, 3.63) is 37.4 Å². The number of carbonyl (C=O) groups excluding carboxylic acids is 2. The third kappa shape index (κ3) is 5.92. The van der Waals surface area contributed by atoms with Gasteiger partial charge >= 0.3 is 12.2 Å². The summed E-state index contributed by atoms with van der Waals surface area (Å²) in [4.78, 5) is 33.3. The van der Waals surface area contributed by atoms with Gasteiger partial charge < -0.3 is 9.47 Å². The molecule has 1 aliphatic heterocycles. The van der Waals surface area contributed by atoms with Crippen molar-refractivity contribution >= 4 is 12.2 Å². The molecular formula is C18H25N5O4. The molecule has 9 heteroatoms. The first kappa shape index (κ1) is 19.1. The molecule has 1 saturated heterocycles. The molecule has 0 saturated carbocycles. The smallest absolute Gasteiger partial charge is 0.419 e. The molecule has 3 heterocycles. The molecule has 0 unspecified atom stereocenters. The molecule has 0 N–H and O–H groups in total. The monoisotopic (exact) mass is 375 g/mol. The second kappa shape index (κ2) is 9.86. The molecule has 0 aromatic carbocycles. The van der Waals surface area contributed by atoms with Gasteiger partial charge in [-0.05, 0) is 44.7 Å². The molecule has 2 aromatic rings. The van der Waals surface area contributed by atoms with Crippen molar-refractivity contribution in [3.8, 4) is 0 Å². The zero-order chi connectivity index (χ0) is 18.9. The van der Waals surface area contributed by atoms with E-state index in [0.717, 1.165) is 45.3 Å². The van der Waals surface area contributed by atoms with Crippen molar-refractivity contribution in [3.63, 3.8) is 0 Å². The molecule has 27 heavy (non-hydrogen) atoms. The van der Waals surface area contributed by atoms with Crippen molar-refractivity contribution in [1.82, 2.24) is 24.0 Å². The summed E-state index contributed by atoms with van der Waals surface area (Å²) >= 11 is 0. The molecule has 1 fully saturated rings. The molecule has 0 amide bonds. The Bertz CT molecular complexity index is 693. The summed E-state index contributed by atoms with van der Waals surface area (Å²) in [5, 5.41) is 0. The summed E-state index contributed by atoms with van der Waals surface area (Å²) in [5.41, 5.74) is 0. The van der Waals surface area contributed by atoms with Gasteiger partial charge in [0, 0.05) is 31.3 Å². The van der Waals surface area contributed by atoms with E-state index in [9.17, 15) is 9.59 Å². The second-order valence-electron chi connectivity index (χ2n) is 6.60. The molecule has 0 aliphatic carbocycles. The maximum absolute atomic E-state index is 11.7. The zero-order valence-electron chi connectivity index (χ0n) is 15.3. The molecular weight excluding hydrogens is 350 g/mol. The zero-order valence-corrected chi connectivity index (χ0v) is 15.3. The van der Waals surface area contributed by atoms with Crippen LogP contribution in [0.25, 0.3) is 0 Å². The van der Waals surface area contributed by atoms with E-state index in [1.54, 1.807) is 24.8 Å². The number of hydrogen-bond donors (Lipinski definition) is 0. The summed E-state index contributed by atoms with van der Waals surface area (Å²) in [5.74, 6) is 0.654. The lowest BCUT2D eigenvalue weighted by Crippen LogP contribution is -2.36. The van der Waals surface area contributed by atoms with E-state index in [4.69, 9.17) is 9.47 Å². The second-order valence-corrected chi connectivity index (χ2v) is 6.60. The van der Waals surface area contributed by atoms with E-state index in [1.165, 1.54) is 21.8 Å². The average Bonchev–Trinajstić information content (AvgIpc) is 3.40. The number of likely N-dealkylation sites (tertiary alicyclic amines) is 1. The Hall–Kier alpha value is -2.68. The molecule has 146 valence electrons. The van der Waals surface area contributed by atoms with Crippen LogP contribution in [-0.4, -0.2) is 69.0 Å². The standard InChI is InChI=1S/C18H25N5O4/c24-17(22-9-5-19-14-22)26-12-1-2-16-3-7-21(8-4-16)11-13-27-18(25)23-10-6-20-15-23/h5-6,9-10,14-16H,1-4,7-8,11-13H2. The van der Waals surface area contributed by atoms with Crippen LogP contribution in [-0.2, 0) is 9.47 Å². The first-order valence-electron chi connectivity index (χ1n) is 9.25. The van der Waals surface area contributed by atoms with Gasteiger partial charge in [0.1, 0.15) is 19.3 Å². The van der Waals surface area contributed by atoms with Crippen molar-refractivity contribution in [2.75, 3.05) is 32.8 Å². The fourth-order valence-corrected chi connectivity index (χ4v) is 3.18. The van der Waals surface area contributed by atoms with Gasteiger partial charge in [0.05, 0.1) is 6.61 Å². The van der Waals surface area contributed by atoms with Gasteiger partial charge in [-0.3, -0.25) is 4.90 Å². The minimum absolute atomic E-state index is 0.381. The van der Waals surface area contributed by atoms with Crippen molar-refractivity contribution in [2.24, 2.45) is 5.92 Å². The maximum atomic E-state index is 11.7. The summed E-state index contributed by atoms with van der Waals surface area (Å²) in [7, 11) is 0. The number of piperidine rings is 1. The summed E-state index contributed by atoms with van der Waals surface area (Å²) < 4.78 is 13.1. The van der Waals surface area contributed by atoms with Crippen molar-refractivity contribution < 1.29 is 19.1 Å². The van der Waals surface area contributed by atoms with Crippen LogP contribution < -0.4 is 0 Å². The highest BCUT2D eigenvalue weighted by Gasteiger charge is 2.19. The number of nitrogens with zero attached hydrogens (tertiary/aromatic N) is 5.